The van der Waals surface area contributed by atoms with Gasteiger partial charge < -0.3 is 29.7 Å². The number of nitrogens with one attached hydrogen (secondary N) is 1. The van der Waals surface area contributed by atoms with Crippen LogP contribution in [-0.4, -0.2) is 63.8 Å². The molecule has 1 saturated heterocycles. The smallest absolute Gasteiger partial charge is 0.407 e. The van der Waals surface area contributed by atoms with Crippen LogP contribution in [0.1, 0.15) is 45.3 Å². The van der Waals surface area contributed by atoms with Crippen LogP contribution in [0.2, 0.25) is 0 Å². The number of carbonyl (C=O) groups excluding carboxylic acids is 1. The summed E-state index contributed by atoms with van der Waals surface area (Å²) in [6, 6.07) is 4.84. The van der Waals surface area contributed by atoms with Gasteiger partial charge >= 0.3 is 6.09 Å². The summed E-state index contributed by atoms with van der Waals surface area (Å²) >= 11 is 0. The molecule has 0 bridgehead atoms. The Labute approximate surface area is 175 Å². The van der Waals surface area contributed by atoms with Gasteiger partial charge in [0.05, 0.1) is 36.9 Å². The predicted molar refractivity (Wildman–Crippen MR) is 109 cm³/mol. The topological polar surface area (TPSA) is 123 Å². The zero-order valence-electron chi connectivity index (χ0n) is 17.7. The van der Waals surface area contributed by atoms with Gasteiger partial charge in [-0.2, -0.15) is 0 Å². The molecule has 3 rings (SSSR count). The summed E-state index contributed by atoms with van der Waals surface area (Å²) in [7, 11) is 1.51. The number of carbonyl (C=O) groups is 1. The fourth-order valence-electron chi connectivity index (χ4n) is 3.40. The molecule has 0 aliphatic carbocycles. The van der Waals surface area contributed by atoms with Crippen molar-refractivity contribution in [3.05, 3.63) is 30.0 Å². The second-order valence-corrected chi connectivity index (χ2v) is 8.35. The van der Waals surface area contributed by atoms with Gasteiger partial charge in [-0.1, -0.05) is 0 Å². The van der Waals surface area contributed by atoms with Crippen molar-refractivity contribution in [1.29, 1.82) is 0 Å². The molecule has 0 radical (unpaired) electrons. The molecular formula is C21H29N3O6. The van der Waals surface area contributed by atoms with Crippen LogP contribution in [0.4, 0.5) is 4.79 Å². The summed E-state index contributed by atoms with van der Waals surface area (Å²) in [5.74, 6) is 0.392. The third-order valence-corrected chi connectivity index (χ3v) is 4.85. The molecule has 1 aliphatic rings. The number of methoxy groups -OCH3 is 1. The van der Waals surface area contributed by atoms with E-state index in [1.807, 2.05) is 0 Å². The van der Waals surface area contributed by atoms with Gasteiger partial charge in [0, 0.05) is 17.8 Å². The van der Waals surface area contributed by atoms with Gasteiger partial charge in [-0.3, -0.25) is 4.98 Å². The van der Waals surface area contributed by atoms with E-state index in [-0.39, 0.29) is 12.6 Å². The average molecular weight is 419 g/mol. The lowest BCUT2D eigenvalue weighted by molar-refractivity contribution is -0.113. The molecule has 0 unspecified atom stereocenters. The van der Waals surface area contributed by atoms with E-state index >= 15 is 0 Å². The number of rotatable bonds is 5. The van der Waals surface area contributed by atoms with Crippen molar-refractivity contribution in [3.8, 4) is 5.88 Å². The highest BCUT2D eigenvalue weighted by molar-refractivity contribution is 5.78. The number of nitrogens with zero attached hydrogens (tertiary/aromatic N) is 2. The minimum atomic E-state index is -1.21. The van der Waals surface area contributed by atoms with Crippen molar-refractivity contribution in [3.63, 3.8) is 0 Å². The zero-order chi connectivity index (χ0) is 21.9. The third-order valence-electron chi connectivity index (χ3n) is 4.85. The summed E-state index contributed by atoms with van der Waals surface area (Å²) in [6.45, 7) is 5.61. The van der Waals surface area contributed by atoms with E-state index in [9.17, 15) is 15.0 Å². The van der Waals surface area contributed by atoms with E-state index in [1.54, 1.807) is 45.2 Å². The SMILES string of the molecule is COc1ccc2nccc([C@@H](O)[C@@H](O)[C@H]3CC[C@H](NC(=O)OC(C)(C)C)CO3)c2n1. The molecule has 3 N–H and O–H groups in total. The van der Waals surface area contributed by atoms with E-state index in [2.05, 4.69) is 15.3 Å². The highest BCUT2D eigenvalue weighted by Gasteiger charge is 2.34. The van der Waals surface area contributed by atoms with Crippen LogP contribution >= 0.6 is 0 Å². The van der Waals surface area contributed by atoms with Crippen LogP contribution in [0.15, 0.2) is 24.4 Å². The molecule has 1 fully saturated rings. The molecule has 9 heteroatoms. The van der Waals surface area contributed by atoms with Crippen molar-refractivity contribution in [2.75, 3.05) is 13.7 Å². The zero-order valence-corrected chi connectivity index (χ0v) is 17.7. The largest absolute Gasteiger partial charge is 0.481 e. The van der Waals surface area contributed by atoms with Crippen molar-refractivity contribution >= 4 is 17.1 Å². The standard InChI is InChI=1S/C21H29N3O6/c1-21(2,3)30-20(27)23-12-5-7-15(29-11-12)19(26)18(25)13-9-10-22-14-6-8-16(28-4)24-17(13)14/h6,8-10,12,15,18-19,25-26H,5,7,11H2,1-4H3,(H,23,27)/t12-,15+,18+,19-/m0/s1. The number of hydrogen-bond acceptors (Lipinski definition) is 8. The number of aliphatic hydroxyl groups is 2. The van der Waals surface area contributed by atoms with Crippen LogP contribution in [0.25, 0.3) is 11.0 Å². The maximum atomic E-state index is 11.9. The molecule has 30 heavy (non-hydrogen) atoms. The van der Waals surface area contributed by atoms with Crippen molar-refractivity contribution in [1.82, 2.24) is 15.3 Å². The average Bonchev–Trinajstić information content (AvgIpc) is 2.71. The summed E-state index contributed by atoms with van der Waals surface area (Å²) in [5, 5.41) is 24.3. The molecule has 3 heterocycles. The van der Waals surface area contributed by atoms with E-state index in [0.29, 0.717) is 35.3 Å². The van der Waals surface area contributed by atoms with Crippen LogP contribution in [0.3, 0.4) is 0 Å². The molecule has 0 aromatic carbocycles. The normalized spacial score (nSPS) is 21.7. The van der Waals surface area contributed by atoms with Gasteiger partial charge in [0.15, 0.2) is 0 Å². The van der Waals surface area contributed by atoms with Crippen LogP contribution in [-0.2, 0) is 9.47 Å². The first kappa shape index (κ1) is 22.2. The summed E-state index contributed by atoms with van der Waals surface area (Å²) in [5.41, 5.74) is 0.922. The number of aliphatic hydroxyl groups excluding tert-OH is 2. The van der Waals surface area contributed by atoms with Gasteiger partial charge in [0.1, 0.15) is 17.8 Å². The molecule has 4 atom stereocenters. The van der Waals surface area contributed by atoms with E-state index in [4.69, 9.17) is 14.2 Å². The Hall–Kier alpha value is -2.49. The van der Waals surface area contributed by atoms with Gasteiger partial charge in [-0.15, -0.1) is 0 Å². The van der Waals surface area contributed by atoms with Gasteiger partial charge in [-0.05, 0) is 45.7 Å². The first-order valence-corrected chi connectivity index (χ1v) is 9.95. The molecule has 2 aromatic heterocycles. The molecule has 164 valence electrons. The Morgan fingerprint density at radius 3 is 2.67 bits per heavy atom. The second kappa shape index (κ2) is 9.11. The highest BCUT2D eigenvalue weighted by Crippen LogP contribution is 2.29. The van der Waals surface area contributed by atoms with Gasteiger partial charge in [0.2, 0.25) is 5.88 Å². The maximum absolute atomic E-state index is 11.9. The minimum absolute atomic E-state index is 0.215. The monoisotopic (exact) mass is 419 g/mol. The lowest BCUT2D eigenvalue weighted by Crippen LogP contribution is -2.47. The van der Waals surface area contributed by atoms with Gasteiger partial charge in [-0.25, -0.2) is 9.78 Å². The lowest BCUT2D eigenvalue weighted by Gasteiger charge is -2.34. The number of fused-ring (bicyclic) bond motifs is 1. The molecule has 0 spiro atoms. The lowest BCUT2D eigenvalue weighted by atomic mass is 9.94. The van der Waals surface area contributed by atoms with Gasteiger partial charge in [0.25, 0.3) is 0 Å². The first-order chi connectivity index (χ1) is 14.2. The number of aromatic nitrogens is 2. The summed E-state index contributed by atoms with van der Waals surface area (Å²) < 4.78 is 16.1. The Morgan fingerprint density at radius 2 is 2.03 bits per heavy atom. The van der Waals surface area contributed by atoms with Crippen LogP contribution < -0.4 is 10.1 Å². The maximum Gasteiger partial charge on any atom is 0.407 e. The number of ether oxygens (including phenoxy) is 3. The highest BCUT2D eigenvalue weighted by atomic mass is 16.6. The number of alkyl carbamates (subject to hydrolysis) is 1. The molecule has 1 aliphatic heterocycles. The van der Waals surface area contributed by atoms with E-state index in [1.165, 1.54) is 7.11 Å². The molecule has 0 saturated carbocycles. The quantitative estimate of drug-likeness (QED) is 0.673. The van der Waals surface area contributed by atoms with Crippen LogP contribution in [0.5, 0.6) is 5.88 Å². The minimum Gasteiger partial charge on any atom is -0.481 e. The van der Waals surface area contributed by atoms with E-state index < -0.39 is 30.0 Å². The summed E-state index contributed by atoms with van der Waals surface area (Å²) in [6.07, 6.45) is -0.829. The number of hydrogen-bond donors (Lipinski definition) is 3. The molecule has 9 nitrogen and oxygen atoms in total. The number of pyridine rings is 2. The predicted octanol–water partition coefficient (Wildman–Crippen LogP) is 2.10. The molecular weight excluding hydrogens is 390 g/mol. The van der Waals surface area contributed by atoms with E-state index in [0.717, 1.165) is 0 Å². The van der Waals surface area contributed by atoms with Crippen molar-refractivity contribution in [2.45, 2.75) is 63.6 Å². The number of amides is 1. The fourth-order valence-corrected chi connectivity index (χ4v) is 3.40. The molecule has 2 aromatic rings. The molecule has 1 amide bonds. The van der Waals surface area contributed by atoms with Crippen molar-refractivity contribution < 1.29 is 29.2 Å². The Morgan fingerprint density at radius 1 is 1.27 bits per heavy atom. The third kappa shape index (κ3) is 5.35. The van der Waals surface area contributed by atoms with Crippen molar-refractivity contribution in [2.24, 2.45) is 0 Å². The Kier molecular flexibility index (Phi) is 6.74. The fraction of sp³-hybridized carbons (Fsp3) is 0.571. The second-order valence-electron chi connectivity index (χ2n) is 8.35. The summed E-state index contributed by atoms with van der Waals surface area (Å²) in [4.78, 5) is 20.5. The first-order valence-electron chi connectivity index (χ1n) is 9.95. The Bertz CT molecular complexity index is 877. The Balaban J connectivity index is 1.63. The van der Waals surface area contributed by atoms with Crippen LogP contribution in [0, 0.1) is 0 Å².